The van der Waals surface area contributed by atoms with E-state index in [1.807, 2.05) is 6.92 Å². The average molecular weight is 275 g/mol. The molecule has 1 heterocycles. The fourth-order valence-electron chi connectivity index (χ4n) is 3.08. The zero-order valence-electron chi connectivity index (χ0n) is 11.3. The number of hydrogen-bond donors (Lipinski definition) is 0. The van der Waals surface area contributed by atoms with Crippen molar-refractivity contribution in [3.8, 4) is 0 Å². The Labute approximate surface area is 111 Å². The summed E-state index contributed by atoms with van der Waals surface area (Å²) < 4.78 is 32.2. The van der Waals surface area contributed by atoms with Crippen LogP contribution in [-0.4, -0.2) is 44.3 Å². The van der Waals surface area contributed by atoms with Crippen molar-refractivity contribution in [1.82, 2.24) is 4.31 Å². The standard InChI is InChI=1S/C13H25NO3S/c1-2-17-11-12-6-5-9-14(10-12)18(15,16)13-7-3-4-8-13/h12-13H,2-11H2,1H3. The van der Waals surface area contributed by atoms with Crippen LogP contribution in [-0.2, 0) is 14.8 Å². The first-order valence-electron chi connectivity index (χ1n) is 7.21. The SMILES string of the molecule is CCOCC1CCCN(S(=O)(=O)C2CCCC2)C1. The third-order valence-corrected chi connectivity index (χ3v) is 6.49. The molecule has 4 nitrogen and oxygen atoms in total. The summed E-state index contributed by atoms with van der Waals surface area (Å²) in [4.78, 5) is 0. The van der Waals surface area contributed by atoms with E-state index in [-0.39, 0.29) is 5.25 Å². The van der Waals surface area contributed by atoms with Crippen molar-refractivity contribution >= 4 is 10.0 Å². The number of ether oxygens (including phenoxy) is 1. The van der Waals surface area contributed by atoms with Crippen LogP contribution in [0.5, 0.6) is 0 Å². The van der Waals surface area contributed by atoms with Gasteiger partial charge >= 0.3 is 0 Å². The highest BCUT2D eigenvalue weighted by molar-refractivity contribution is 7.89. The quantitative estimate of drug-likeness (QED) is 0.771. The molecule has 0 aromatic carbocycles. The van der Waals surface area contributed by atoms with Gasteiger partial charge < -0.3 is 4.74 Å². The van der Waals surface area contributed by atoms with Crippen LogP contribution in [0.3, 0.4) is 0 Å². The van der Waals surface area contributed by atoms with Crippen molar-refractivity contribution in [3.05, 3.63) is 0 Å². The van der Waals surface area contributed by atoms with Gasteiger partial charge in [-0.1, -0.05) is 12.8 Å². The summed E-state index contributed by atoms with van der Waals surface area (Å²) in [6.45, 7) is 4.77. The maximum atomic E-state index is 12.5. The molecule has 2 rings (SSSR count). The first-order valence-corrected chi connectivity index (χ1v) is 8.71. The zero-order valence-corrected chi connectivity index (χ0v) is 12.1. The minimum atomic E-state index is -3.04. The Morgan fingerprint density at radius 2 is 1.89 bits per heavy atom. The van der Waals surface area contributed by atoms with Gasteiger partial charge in [0.05, 0.1) is 11.9 Å². The number of hydrogen-bond acceptors (Lipinski definition) is 3. The lowest BCUT2D eigenvalue weighted by Crippen LogP contribution is -2.44. The predicted molar refractivity (Wildman–Crippen MR) is 72.0 cm³/mol. The number of nitrogens with zero attached hydrogens (tertiary/aromatic N) is 1. The molecule has 5 heteroatoms. The molecular weight excluding hydrogens is 250 g/mol. The van der Waals surface area contributed by atoms with Gasteiger partial charge in [0.15, 0.2) is 0 Å². The van der Waals surface area contributed by atoms with Gasteiger partial charge in [0.2, 0.25) is 10.0 Å². The maximum absolute atomic E-state index is 12.5. The van der Waals surface area contributed by atoms with Gasteiger partial charge in [-0.15, -0.1) is 0 Å². The summed E-state index contributed by atoms with van der Waals surface area (Å²) in [6, 6.07) is 0. The molecule has 1 aliphatic heterocycles. The number of rotatable bonds is 5. The van der Waals surface area contributed by atoms with Crippen molar-refractivity contribution < 1.29 is 13.2 Å². The van der Waals surface area contributed by atoms with Crippen molar-refractivity contribution in [2.24, 2.45) is 5.92 Å². The molecule has 0 bridgehead atoms. The minimum absolute atomic E-state index is 0.108. The molecule has 1 unspecified atom stereocenters. The van der Waals surface area contributed by atoms with Crippen molar-refractivity contribution in [1.29, 1.82) is 0 Å². The van der Waals surface area contributed by atoms with E-state index in [2.05, 4.69) is 0 Å². The molecule has 18 heavy (non-hydrogen) atoms. The molecule has 0 spiro atoms. The van der Waals surface area contributed by atoms with Crippen LogP contribution < -0.4 is 0 Å². The molecule has 0 aromatic heterocycles. The Balaban J connectivity index is 1.94. The maximum Gasteiger partial charge on any atom is 0.216 e. The van der Waals surface area contributed by atoms with Crippen LogP contribution in [0.15, 0.2) is 0 Å². The van der Waals surface area contributed by atoms with E-state index < -0.39 is 10.0 Å². The van der Waals surface area contributed by atoms with Gasteiger partial charge in [0.25, 0.3) is 0 Å². The van der Waals surface area contributed by atoms with Crippen LogP contribution >= 0.6 is 0 Å². The van der Waals surface area contributed by atoms with E-state index >= 15 is 0 Å². The van der Waals surface area contributed by atoms with E-state index in [1.165, 1.54) is 0 Å². The van der Waals surface area contributed by atoms with Gasteiger partial charge in [0.1, 0.15) is 0 Å². The second-order valence-corrected chi connectivity index (χ2v) is 7.69. The highest BCUT2D eigenvalue weighted by Crippen LogP contribution is 2.29. The van der Waals surface area contributed by atoms with Crippen LogP contribution in [0.4, 0.5) is 0 Å². The first kappa shape index (κ1) is 14.3. The van der Waals surface area contributed by atoms with Crippen molar-refractivity contribution in [3.63, 3.8) is 0 Å². The molecule has 2 aliphatic rings. The molecule has 2 fully saturated rings. The van der Waals surface area contributed by atoms with Crippen LogP contribution in [0.1, 0.15) is 45.4 Å². The second-order valence-electron chi connectivity index (χ2n) is 5.48. The Morgan fingerprint density at radius 3 is 2.56 bits per heavy atom. The third-order valence-electron chi connectivity index (χ3n) is 4.12. The normalized spacial score (nSPS) is 27.7. The molecule has 0 N–H and O–H groups in total. The smallest absolute Gasteiger partial charge is 0.216 e. The lowest BCUT2D eigenvalue weighted by molar-refractivity contribution is 0.0862. The number of sulfonamides is 1. The minimum Gasteiger partial charge on any atom is -0.381 e. The summed E-state index contributed by atoms with van der Waals surface area (Å²) >= 11 is 0. The van der Waals surface area contributed by atoms with E-state index in [9.17, 15) is 8.42 Å². The molecule has 1 aliphatic carbocycles. The second kappa shape index (κ2) is 6.35. The summed E-state index contributed by atoms with van der Waals surface area (Å²) in [5.41, 5.74) is 0. The molecular formula is C13H25NO3S. The molecule has 1 saturated carbocycles. The Hall–Kier alpha value is -0.130. The number of piperidine rings is 1. The average Bonchev–Trinajstić information content (AvgIpc) is 2.91. The molecule has 106 valence electrons. The monoisotopic (exact) mass is 275 g/mol. The van der Waals surface area contributed by atoms with Crippen LogP contribution in [0.25, 0.3) is 0 Å². The Morgan fingerprint density at radius 1 is 1.17 bits per heavy atom. The van der Waals surface area contributed by atoms with Gasteiger partial charge in [-0.05, 0) is 38.5 Å². The highest BCUT2D eigenvalue weighted by atomic mass is 32.2. The van der Waals surface area contributed by atoms with E-state index in [1.54, 1.807) is 4.31 Å². The fourth-order valence-corrected chi connectivity index (χ4v) is 5.23. The predicted octanol–water partition coefficient (Wildman–Crippen LogP) is 2.01. The highest BCUT2D eigenvalue weighted by Gasteiger charge is 2.36. The Kier molecular flexibility index (Phi) is 5.04. The molecule has 1 saturated heterocycles. The summed E-state index contributed by atoms with van der Waals surface area (Å²) in [5.74, 6) is 0.384. The van der Waals surface area contributed by atoms with E-state index in [0.29, 0.717) is 32.2 Å². The zero-order chi connectivity index (χ0) is 13.0. The molecule has 0 amide bonds. The van der Waals surface area contributed by atoms with E-state index in [0.717, 1.165) is 38.5 Å². The molecule has 0 aromatic rings. The van der Waals surface area contributed by atoms with Gasteiger partial charge in [-0.25, -0.2) is 12.7 Å². The van der Waals surface area contributed by atoms with E-state index in [4.69, 9.17) is 4.74 Å². The Bertz CT molecular complexity index is 349. The topological polar surface area (TPSA) is 46.6 Å². The first-order chi connectivity index (χ1) is 8.64. The third kappa shape index (κ3) is 3.25. The molecule has 1 atom stereocenters. The summed E-state index contributed by atoms with van der Waals surface area (Å²) in [7, 11) is -3.04. The largest absolute Gasteiger partial charge is 0.381 e. The fraction of sp³-hybridized carbons (Fsp3) is 1.00. The van der Waals surface area contributed by atoms with Crippen LogP contribution in [0, 0.1) is 5.92 Å². The summed E-state index contributed by atoms with van der Waals surface area (Å²) in [6.07, 6.45) is 5.92. The van der Waals surface area contributed by atoms with Crippen molar-refractivity contribution in [2.45, 2.75) is 50.7 Å². The summed E-state index contributed by atoms with van der Waals surface area (Å²) in [5, 5.41) is -0.108. The van der Waals surface area contributed by atoms with Crippen molar-refractivity contribution in [2.75, 3.05) is 26.3 Å². The lowest BCUT2D eigenvalue weighted by atomic mass is 10.0. The van der Waals surface area contributed by atoms with Gasteiger partial charge in [-0.3, -0.25) is 0 Å². The van der Waals surface area contributed by atoms with Crippen LogP contribution in [0.2, 0.25) is 0 Å². The lowest BCUT2D eigenvalue weighted by Gasteiger charge is -2.33. The molecule has 0 radical (unpaired) electrons. The van der Waals surface area contributed by atoms with Gasteiger partial charge in [0, 0.05) is 19.7 Å². The van der Waals surface area contributed by atoms with Gasteiger partial charge in [-0.2, -0.15) is 0 Å².